The van der Waals surface area contributed by atoms with Gasteiger partial charge in [-0.05, 0) is 35.7 Å². The molecule has 0 radical (unpaired) electrons. The normalized spacial score (nSPS) is 10.8. The number of hydrogen-bond donors (Lipinski definition) is 1. The molecule has 0 aliphatic rings. The van der Waals surface area contributed by atoms with E-state index in [2.05, 4.69) is 10.4 Å². The highest BCUT2D eigenvalue weighted by Gasteiger charge is 2.16. The van der Waals surface area contributed by atoms with E-state index >= 15 is 0 Å². The molecule has 1 amide bonds. The Hall–Kier alpha value is -2.96. The van der Waals surface area contributed by atoms with Crippen LogP contribution in [0.4, 0.5) is 0 Å². The first kappa shape index (κ1) is 16.5. The molecule has 4 rings (SSSR count). The van der Waals surface area contributed by atoms with Gasteiger partial charge in [-0.25, -0.2) is 4.98 Å². The molecule has 0 atom stereocenters. The van der Waals surface area contributed by atoms with Crippen LogP contribution in [0.25, 0.3) is 22.3 Å². The van der Waals surface area contributed by atoms with Crippen molar-refractivity contribution in [3.8, 4) is 11.4 Å². The highest BCUT2D eigenvalue weighted by atomic mass is 35.5. The maximum absolute atomic E-state index is 13.0. The van der Waals surface area contributed by atoms with Gasteiger partial charge in [0.15, 0.2) is 5.82 Å². The number of nitrogens with zero attached hydrogens (tertiary/aromatic N) is 2. The fourth-order valence-electron chi connectivity index (χ4n) is 2.62. The third-order valence-electron chi connectivity index (χ3n) is 3.82. The van der Waals surface area contributed by atoms with E-state index in [9.17, 15) is 9.59 Å². The van der Waals surface area contributed by atoms with Crippen LogP contribution < -0.4 is 11.0 Å². The Morgan fingerprint density at radius 1 is 1.08 bits per heavy atom. The van der Waals surface area contributed by atoms with Gasteiger partial charge >= 0.3 is 0 Å². The lowest BCUT2D eigenvalue weighted by molar-refractivity contribution is 0.101. The number of halogens is 1. The van der Waals surface area contributed by atoms with Gasteiger partial charge in [-0.15, -0.1) is 11.3 Å². The van der Waals surface area contributed by atoms with Crippen LogP contribution in [-0.4, -0.2) is 15.6 Å². The van der Waals surface area contributed by atoms with Gasteiger partial charge in [0.2, 0.25) is 0 Å². The SMILES string of the molecule is O=C(Nn1c(-c2cccc(Cl)c2)nc2ccccc2c1=O)c1cccs1. The molecule has 128 valence electrons. The highest BCUT2D eigenvalue weighted by molar-refractivity contribution is 7.12. The number of aromatic nitrogens is 2. The number of hydrogen-bond acceptors (Lipinski definition) is 4. The number of para-hydroxylation sites is 1. The Kier molecular flexibility index (Phi) is 4.28. The Morgan fingerprint density at radius 2 is 1.92 bits per heavy atom. The molecule has 5 nitrogen and oxygen atoms in total. The van der Waals surface area contributed by atoms with E-state index in [0.29, 0.717) is 32.2 Å². The third-order valence-corrected chi connectivity index (χ3v) is 4.92. The molecule has 2 aromatic heterocycles. The number of benzene rings is 2. The molecule has 0 saturated carbocycles. The summed E-state index contributed by atoms with van der Waals surface area (Å²) in [5, 5.41) is 2.74. The second-order valence-corrected chi connectivity index (χ2v) is 6.91. The number of carbonyl (C=O) groups is 1. The Bertz CT molecular complexity index is 1170. The van der Waals surface area contributed by atoms with Crippen molar-refractivity contribution in [1.82, 2.24) is 9.66 Å². The summed E-state index contributed by atoms with van der Waals surface area (Å²) in [6.07, 6.45) is 0. The summed E-state index contributed by atoms with van der Waals surface area (Å²) in [7, 11) is 0. The van der Waals surface area contributed by atoms with Crippen LogP contribution >= 0.6 is 22.9 Å². The number of carbonyl (C=O) groups excluding carboxylic acids is 1. The monoisotopic (exact) mass is 381 g/mol. The average molecular weight is 382 g/mol. The molecule has 0 aliphatic carbocycles. The van der Waals surface area contributed by atoms with Gasteiger partial charge in [-0.2, -0.15) is 4.68 Å². The minimum absolute atomic E-state index is 0.320. The van der Waals surface area contributed by atoms with Crippen LogP contribution in [-0.2, 0) is 0 Å². The molecule has 0 aliphatic heterocycles. The molecule has 7 heteroatoms. The van der Waals surface area contributed by atoms with Crippen LogP contribution in [0, 0.1) is 0 Å². The van der Waals surface area contributed by atoms with E-state index in [0.717, 1.165) is 0 Å². The average Bonchev–Trinajstić information content (AvgIpc) is 3.19. The smallest absolute Gasteiger partial charge is 0.267 e. The summed E-state index contributed by atoms with van der Waals surface area (Å²) in [4.78, 5) is 30.6. The van der Waals surface area contributed by atoms with Crippen molar-refractivity contribution in [2.45, 2.75) is 0 Å². The number of fused-ring (bicyclic) bond motifs is 1. The number of rotatable bonds is 3. The predicted octanol–water partition coefficient (Wildman–Crippen LogP) is 4.16. The summed E-state index contributed by atoms with van der Waals surface area (Å²) < 4.78 is 1.18. The molecule has 2 heterocycles. The standard InChI is InChI=1S/C19H12ClN3O2S/c20-13-6-3-5-12(11-13)17-21-15-8-2-1-7-14(15)19(25)23(17)22-18(24)16-9-4-10-26-16/h1-11H,(H,22,24). The summed E-state index contributed by atoms with van der Waals surface area (Å²) in [6.45, 7) is 0. The van der Waals surface area contributed by atoms with Crippen LogP contribution in [0.2, 0.25) is 5.02 Å². The van der Waals surface area contributed by atoms with Crippen molar-refractivity contribution >= 4 is 39.7 Å². The fourth-order valence-corrected chi connectivity index (χ4v) is 3.43. The van der Waals surface area contributed by atoms with Gasteiger partial charge in [0.05, 0.1) is 15.8 Å². The second-order valence-electron chi connectivity index (χ2n) is 5.52. The Balaban J connectivity index is 1.94. The molecule has 0 unspecified atom stereocenters. The molecule has 0 saturated heterocycles. The van der Waals surface area contributed by atoms with Crippen molar-refractivity contribution in [3.05, 3.63) is 86.3 Å². The first-order valence-electron chi connectivity index (χ1n) is 7.76. The summed E-state index contributed by atoms with van der Waals surface area (Å²) in [6, 6.07) is 17.5. The van der Waals surface area contributed by atoms with Crippen molar-refractivity contribution in [2.75, 3.05) is 5.43 Å². The molecule has 0 spiro atoms. The minimum atomic E-state index is -0.373. The van der Waals surface area contributed by atoms with Gasteiger partial charge in [-0.1, -0.05) is 41.9 Å². The summed E-state index contributed by atoms with van der Waals surface area (Å²) in [5.74, 6) is -0.0523. The first-order chi connectivity index (χ1) is 12.6. The highest BCUT2D eigenvalue weighted by Crippen LogP contribution is 2.22. The van der Waals surface area contributed by atoms with Crippen molar-refractivity contribution < 1.29 is 4.79 Å². The van der Waals surface area contributed by atoms with Crippen molar-refractivity contribution in [2.24, 2.45) is 0 Å². The van der Waals surface area contributed by atoms with E-state index in [1.54, 1.807) is 60.0 Å². The van der Waals surface area contributed by atoms with Crippen LogP contribution in [0.1, 0.15) is 9.67 Å². The maximum Gasteiger partial charge on any atom is 0.280 e. The zero-order valence-corrected chi connectivity index (χ0v) is 14.9. The molecule has 4 aromatic rings. The third kappa shape index (κ3) is 3.00. The predicted molar refractivity (Wildman–Crippen MR) is 104 cm³/mol. The van der Waals surface area contributed by atoms with Gasteiger partial charge < -0.3 is 0 Å². The van der Waals surface area contributed by atoms with Crippen LogP contribution in [0.3, 0.4) is 0 Å². The van der Waals surface area contributed by atoms with Crippen molar-refractivity contribution in [1.29, 1.82) is 0 Å². The molecule has 2 aromatic carbocycles. The van der Waals surface area contributed by atoms with Crippen molar-refractivity contribution in [3.63, 3.8) is 0 Å². The minimum Gasteiger partial charge on any atom is -0.267 e. The van der Waals surface area contributed by atoms with Crippen LogP contribution in [0.5, 0.6) is 0 Å². The summed E-state index contributed by atoms with van der Waals surface area (Å²) >= 11 is 7.39. The quantitative estimate of drug-likeness (QED) is 0.579. The number of nitrogens with one attached hydrogen (secondary N) is 1. The van der Waals surface area contributed by atoms with Gasteiger partial charge in [0.1, 0.15) is 0 Å². The maximum atomic E-state index is 13.0. The van der Waals surface area contributed by atoms with Gasteiger partial charge in [-0.3, -0.25) is 15.0 Å². The fraction of sp³-hybridized carbons (Fsp3) is 0. The second kappa shape index (κ2) is 6.74. The molecular weight excluding hydrogens is 370 g/mol. The lowest BCUT2D eigenvalue weighted by Gasteiger charge is -2.14. The molecular formula is C19H12ClN3O2S. The van der Waals surface area contributed by atoms with Gasteiger partial charge in [0.25, 0.3) is 11.5 Å². The van der Waals surface area contributed by atoms with E-state index in [1.807, 2.05) is 6.07 Å². The number of thiophene rings is 1. The molecule has 26 heavy (non-hydrogen) atoms. The van der Waals surface area contributed by atoms with E-state index in [-0.39, 0.29) is 11.5 Å². The largest absolute Gasteiger partial charge is 0.280 e. The first-order valence-corrected chi connectivity index (χ1v) is 9.02. The van der Waals surface area contributed by atoms with E-state index in [4.69, 9.17) is 11.6 Å². The number of amides is 1. The zero-order valence-electron chi connectivity index (χ0n) is 13.3. The van der Waals surface area contributed by atoms with Gasteiger partial charge in [0, 0.05) is 10.6 Å². The van der Waals surface area contributed by atoms with E-state index < -0.39 is 0 Å². The Morgan fingerprint density at radius 3 is 2.69 bits per heavy atom. The molecule has 0 bridgehead atoms. The molecule has 0 fully saturated rings. The zero-order chi connectivity index (χ0) is 18.1. The lowest BCUT2D eigenvalue weighted by Crippen LogP contribution is -2.34. The van der Waals surface area contributed by atoms with E-state index in [1.165, 1.54) is 16.0 Å². The lowest BCUT2D eigenvalue weighted by atomic mass is 10.2. The topological polar surface area (TPSA) is 64.0 Å². The molecule has 1 N–H and O–H groups in total. The van der Waals surface area contributed by atoms with Crippen LogP contribution in [0.15, 0.2) is 70.8 Å². The Labute approximate surface area is 157 Å². The summed E-state index contributed by atoms with van der Waals surface area (Å²) in [5.41, 5.74) is 3.49.